The van der Waals surface area contributed by atoms with Crippen LogP contribution in [0.3, 0.4) is 0 Å². The van der Waals surface area contributed by atoms with Crippen LogP contribution < -0.4 is 4.74 Å². The van der Waals surface area contributed by atoms with Crippen molar-refractivity contribution < 1.29 is 19.3 Å². The minimum absolute atomic E-state index is 0.0311. The van der Waals surface area contributed by atoms with Gasteiger partial charge in [-0.1, -0.05) is 36.4 Å². The maximum atomic E-state index is 9.24. The Balaban J connectivity index is 1.67. The van der Waals surface area contributed by atoms with Crippen LogP contribution in [0.1, 0.15) is 34.8 Å². The van der Waals surface area contributed by atoms with Gasteiger partial charge >= 0.3 is 0 Å². The molecule has 0 bridgehead atoms. The first-order chi connectivity index (χ1) is 14.6. The fraction of sp³-hybridized carbons (Fsp3) is 0.320. The summed E-state index contributed by atoms with van der Waals surface area (Å²) < 4.78 is 16.5. The predicted molar refractivity (Wildman–Crippen MR) is 117 cm³/mol. The molecule has 0 spiro atoms. The summed E-state index contributed by atoms with van der Waals surface area (Å²) in [7, 11) is 1.57. The number of aryl methyl sites for hydroxylation is 2. The molecule has 30 heavy (non-hydrogen) atoms. The van der Waals surface area contributed by atoms with Crippen molar-refractivity contribution in [3.8, 4) is 17.0 Å². The van der Waals surface area contributed by atoms with Gasteiger partial charge in [-0.15, -0.1) is 0 Å². The van der Waals surface area contributed by atoms with E-state index in [4.69, 9.17) is 14.2 Å². The third kappa shape index (κ3) is 5.66. The summed E-state index contributed by atoms with van der Waals surface area (Å²) in [6.07, 6.45) is 1.94. The lowest BCUT2D eigenvalue weighted by Gasteiger charge is -2.16. The van der Waals surface area contributed by atoms with Crippen LogP contribution in [0.25, 0.3) is 11.1 Å². The van der Waals surface area contributed by atoms with Gasteiger partial charge in [-0.3, -0.25) is 0 Å². The summed E-state index contributed by atoms with van der Waals surface area (Å²) in [5, 5.41) is 9.24. The van der Waals surface area contributed by atoms with Crippen molar-refractivity contribution in [3.63, 3.8) is 0 Å². The molecular weight excluding hydrogens is 378 g/mol. The molecule has 0 fully saturated rings. The van der Waals surface area contributed by atoms with Gasteiger partial charge in [0.1, 0.15) is 13.4 Å². The Morgan fingerprint density at radius 1 is 1.00 bits per heavy atom. The van der Waals surface area contributed by atoms with Crippen molar-refractivity contribution in [2.75, 3.05) is 20.5 Å². The molecule has 0 amide bonds. The molecule has 0 aliphatic heterocycles. The van der Waals surface area contributed by atoms with Gasteiger partial charge in [-0.25, -0.2) is 4.98 Å². The maximum Gasteiger partial charge on any atom is 0.213 e. The average molecular weight is 408 g/mol. The summed E-state index contributed by atoms with van der Waals surface area (Å²) in [4.78, 5) is 4.39. The van der Waals surface area contributed by atoms with E-state index in [9.17, 15) is 5.11 Å². The zero-order chi connectivity index (χ0) is 21.3. The largest absolute Gasteiger partial charge is 0.473 e. The maximum absolute atomic E-state index is 9.24. The number of hydrogen-bond acceptors (Lipinski definition) is 5. The first-order valence-corrected chi connectivity index (χ1v) is 10.1. The molecule has 2 aromatic carbocycles. The second-order valence-electron chi connectivity index (χ2n) is 7.26. The average Bonchev–Trinajstić information content (AvgIpc) is 2.76. The highest BCUT2D eigenvalue weighted by Gasteiger charge is 2.12. The summed E-state index contributed by atoms with van der Waals surface area (Å²) >= 11 is 0. The molecule has 0 saturated carbocycles. The van der Waals surface area contributed by atoms with E-state index < -0.39 is 0 Å². The third-order valence-corrected chi connectivity index (χ3v) is 4.99. The van der Waals surface area contributed by atoms with Gasteiger partial charge in [-0.2, -0.15) is 0 Å². The Bertz CT molecular complexity index is 920. The Morgan fingerprint density at radius 3 is 2.43 bits per heavy atom. The van der Waals surface area contributed by atoms with Gasteiger partial charge in [0, 0.05) is 32.4 Å². The molecule has 0 saturated heterocycles. The highest BCUT2D eigenvalue weighted by Crippen LogP contribution is 2.28. The summed E-state index contributed by atoms with van der Waals surface area (Å²) in [6, 6.07) is 18.5. The second-order valence-corrected chi connectivity index (χ2v) is 7.26. The van der Waals surface area contributed by atoms with Crippen molar-refractivity contribution in [3.05, 3.63) is 83.0 Å². The molecule has 0 radical (unpaired) electrons. The van der Waals surface area contributed by atoms with Crippen LogP contribution in [0.15, 0.2) is 60.8 Å². The quantitative estimate of drug-likeness (QED) is 0.480. The molecule has 0 aliphatic carbocycles. The molecule has 3 rings (SSSR count). The standard InChI is InChI=1S/C25H29NO4/c1-18-6-4-7-19(2)25(18)21-9-5-8-20(14-21)16-29-24-11-10-22(15-26-24)23(12-13-27)30-17-28-3/h4-11,14-15,23,27H,12-13,16-17H2,1-3H3. The van der Waals surface area contributed by atoms with Crippen LogP contribution in [0.4, 0.5) is 0 Å². The molecular formula is C25H29NO4. The number of hydrogen-bond donors (Lipinski definition) is 1. The Labute approximate surface area is 178 Å². The van der Waals surface area contributed by atoms with E-state index in [1.54, 1.807) is 13.3 Å². The van der Waals surface area contributed by atoms with Crippen molar-refractivity contribution in [2.24, 2.45) is 0 Å². The molecule has 0 aliphatic rings. The number of methoxy groups -OCH3 is 1. The van der Waals surface area contributed by atoms with Gasteiger partial charge in [0.2, 0.25) is 5.88 Å². The van der Waals surface area contributed by atoms with Gasteiger partial charge in [0.05, 0.1) is 6.10 Å². The third-order valence-electron chi connectivity index (χ3n) is 4.99. The Morgan fingerprint density at radius 2 is 1.77 bits per heavy atom. The van der Waals surface area contributed by atoms with E-state index in [0.717, 1.165) is 11.1 Å². The predicted octanol–water partition coefficient (Wildman–Crippen LogP) is 4.99. The fourth-order valence-electron chi connectivity index (χ4n) is 3.52. The SMILES string of the molecule is COCOC(CCO)c1ccc(OCc2cccc(-c3c(C)cccc3C)c2)nc1. The van der Waals surface area contributed by atoms with Crippen molar-refractivity contribution in [1.82, 2.24) is 4.98 Å². The summed E-state index contributed by atoms with van der Waals surface area (Å²) in [6.45, 7) is 4.91. The first-order valence-electron chi connectivity index (χ1n) is 10.1. The summed E-state index contributed by atoms with van der Waals surface area (Å²) in [5.74, 6) is 0.547. The van der Waals surface area contributed by atoms with Crippen LogP contribution in [0, 0.1) is 13.8 Å². The van der Waals surface area contributed by atoms with Crippen molar-refractivity contribution in [2.45, 2.75) is 33.0 Å². The first kappa shape index (κ1) is 22.0. The number of benzene rings is 2. The van der Waals surface area contributed by atoms with Gasteiger partial charge in [0.25, 0.3) is 0 Å². The molecule has 158 valence electrons. The number of ether oxygens (including phenoxy) is 3. The van der Waals surface area contributed by atoms with Crippen LogP contribution in [0.2, 0.25) is 0 Å². The number of nitrogens with zero attached hydrogens (tertiary/aromatic N) is 1. The molecule has 5 nitrogen and oxygen atoms in total. The van der Waals surface area contributed by atoms with Crippen LogP contribution in [-0.4, -0.2) is 30.6 Å². The topological polar surface area (TPSA) is 60.8 Å². The second kappa shape index (κ2) is 10.9. The zero-order valence-electron chi connectivity index (χ0n) is 17.8. The van der Waals surface area contributed by atoms with E-state index in [1.807, 2.05) is 12.1 Å². The lowest BCUT2D eigenvalue weighted by atomic mass is 9.95. The molecule has 1 N–H and O–H groups in total. The number of pyridine rings is 1. The molecule has 1 aromatic heterocycles. The minimum atomic E-state index is -0.259. The normalized spacial score (nSPS) is 12.0. The van der Waals surface area contributed by atoms with Crippen molar-refractivity contribution >= 4 is 0 Å². The summed E-state index contributed by atoms with van der Waals surface area (Å²) in [5.41, 5.74) is 6.95. The van der Waals surface area contributed by atoms with Gasteiger partial charge < -0.3 is 19.3 Å². The Hall–Kier alpha value is -2.73. The van der Waals surface area contributed by atoms with E-state index in [1.165, 1.54) is 22.3 Å². The molecule has 3 aromatic rings. The van der Waals surface area contributed by atoms with Crippen LogP contribution >= 0.6 is 0 Å². The fourth-order valence-corrected chi connectivity index (χ4v) is 3.52. The molecule has 5 heteroatoms. The lowest BCUT2D eigenvalue weighted by Crippen LogP contribution is -2.09. The number of aliphatic hydroxyl groups is 1. The van der Waals surface area contributed by atoms with Gasteiger partial charge in [0.15, 0.2) is 0 Å². The molecule has 1 heterocycles. The highest BCUT2D eigenvalue weighted by atomic mass is 16.7. The number of aromatic nitrogens is 1. The Kier molecular flexibility index (Phi) is 7.97. The van der Waals surface area contributed by atoms with Gasteiger partial charge in [-0.05, 0) is 59.4 Å². The zero-order valence-corrected chi connectivity index (χ0v) is 17.8. The van der Waals surface area contributed by atoms with E-state index in [-0.39, 0.29) is 19.5 Å². The molecule has 1 atom stereocenters. The van der Waals surface area contributed by atoms with Crippen molar-refractivity contribution in [1.29, 1.82) is 0 Å². The lowest BCUT2D eigenvalue weighted by molar-refractivity contribution is -0.0794. The van der Waals surface area contributed by atoms with E-state index in [0.29, 0.717) is 18.9 Å². The monoisotopic (exact) mass is 407 g/mol. The van der Waals surface area contributed by atoms with Crippen LogP contribution in [-0.2, 0) is 16.1 Å². The van der Waals surface area contributed by atoms with E-state index >= 15 is 0 Å². The highest BCUT2D eigenvalue weighted by molar-refractivity contribution is 5.71. The van der Waals surface area contributed by atoms with Crippen LogP contribution in [0.5, 0.6) is 5.88 Å². The molecule has 1 unspecified atom stereocenters. The smallest absolute Gasteiger partial charge is 0.213 e. The number of rotatable bonds is 10. The number of aliphatic hydroxyl groups excluding tert-OH is 1. The van der Waals surface area contributed by atoms with E-state index in [2.05, 4.69) is 61.3 Å². The minimum Gasteiger partial charge on any atom is -0.473 e.